The largest absolute Gasteiger partial charge is 0.369 e. The molecule has 0 aromatic rings. The zero-order chi connectivity index (χ0) is 14.4. The highest BCUT2D eigenvalue weighted by atomic mass is 16.5. The Labute approximate surface area is 111 Å². The molecule has 0 aromatic carbocycles. The maximum absolute atomic E-state index is 11.2. The van der Waals surface area contributed by atoms with E-state index in [1.54, 1.807) is 6.92 Å². The van der Waals surface area contributed by atoms with Crippen LogP contribution in [0.2, 0.25) is 0 Å². The fraction of sp³-hybridized carbons (Fsp3) is 0.846. The Bertz CT molecular complexity index is 218. The summed E-state index contributed by atoms with van der Waals surface area (Å²) < 4.78 is 5.13. The maximum atomic E-state index is 11.2. The van der Waals surface area contributed by atoms with Crippen molar-refractivity contribution < 1.29 is 14.3 Å². The third-order valence-corrected chi connectivity index (χ3v) is 1.87. The molecule has 0 radical (unpaired) electrons. The minimum absolute atomic E-state index is 0.0365. The lowest BCUT2D eigenvalue weighted by Gasteiger charge is -2.08. The van der Waals surface area contributed by atoms with Crippen LogP contribution in [-0.4, -0.2) is 37.6 Å². The molecule has 0 saturated heterocycles. The van der Waals surface area contributed by atoms with Gasteiger partial charge in [-0.1, -0.05) is 20.8 Å². The van der Waals surface area contributed by atoms with Crippen molar-refractivity contribution in [3.8, 4) is 0 Å². The van der Waals surface area contributed by atoms with Crippen LogP contribution < -0.4 is 10.6 Å². The molecule has 2 N–H and O–H groups in total. The van der Waals surface area contributed by atoms with Gasteiger partial charge in [0, 0.05) is 19.5 Å². The van der Waals surface area contributed by atoms with E-state index in [9.17, 15) is 9.59 Å². The van der Waals surface area contributed by atoms with Gasteiger partial charge in [0.1, 0.15) is 6.61 Å². The molecule has 5 nitrogen and oxygen atoms in total. The molecule has 0 atom stereocenters. The lowest BCUT2D eigenvalue weighted by molar-refractivity contribution is -0.127. The highest BCUT2D eigenvalue weighted by Gasteiger charge is 2.02. The summed E-state index contributed by atoms with van der Waals surface area (Å²) in [6.07, 6.45) is 1.29. The minimum atomic E-state index is -0.115. The van der Waals surface area contributed by atoms with Gasteiger partial charge in [0.25, 0.3) is 0 Å². The second kappa shape index (κ2) is 14.0. The summed E-state index contributed by atoms with van der Waals surface area (Å²) in [5.41, 5.74) is 0. The van der Waals surface area contributed by atoms with Crippen LogP contribution in [0, 0.1) is 0 Å². The molecule has 0 bridgehead atoms. The normalized spacial score (nSPS) is 9.44. The van der Waals surface area contributed by atoms with Crippen molar-refractivity contribution in [2.75, 3.05) is 19.7 Å². The van der Waals surface area contributed by atoms with Gasteiger partial charge in [-0.15, -0.1) is 0 Å². The lowest BCUT2D eigenvalue weighted by Crippen LogP contribution is -2.32. The number of hydrogen-bond acceptors (Lipinski definition) is 3. The first kappa shape index (κ1) is 19.2. The highest BCUT2D eigenvalue weighted by molar-refractivity contribution is 5.77. The predicted octanol–water partition coefficient (Wildman–Crippen LogP) is 1.47. The first-order valence-corrected chi connectivity index (χ1v) is 6.71. The predicted molar refractivity (Wildman–Crippen MR) is 73.4 cm³/mol. The van der Waals surface area contributed by atoms with E-state index in [1.165, 1.54) is 0 Å². The van der Waals surface area contributed by atoms with E-state index in [0.717, 1.165) is 6.42 Å². The number of ether oxygens (including phenoxy) is 1. The summed E-state index contributed by atoms with van der Waals surface area (Å²) >= 11 is 0. The SMILES string of the molecule is CC.CCC(=O)NCCCNC(=O)COC(C)C. The first-order chi connectivity index (χ1) is 8.56. The summed E-state index contributed by atoms with van der Waals surface area (Å²) in [6.45, 7) is 10.8. The number of rotatable bonds is 8. The van der Waals surface area contributed by atoms with Crippen molar-refractivity contribution in [1.82, 2.24) is 10.6 Å². The van der Waals surface area contributed by atoms with Crippen LogP contribution in [0.5, 0.6) is 0 Å². The van der Waals surface area contributed by atoms with Crippen molar-refractivity contribution in [2.24, 2.45) is 0 Å². The van der Waals surface area contributed by atoms with Gasteiger partial charge < -0.3 is 15.4 Å². The molecule has 2 amide bonds. The quantitative estimate of drug-likeness (QED) is 0.649. The third-order valence-electron chi connectivity index (χ3n) is 1.87. The second-order valence-electron chi connectivity index (χ2n) is 3.77. The van der Waals surface area contributed by atoms with E-state index in [4.69, 9.17) is 4.74 Å². The van der Waals surface area contributed by atoms with Gasteiger partial charge in [0.05, 0.1) is 6.10 Å². The number of carbonyl (C=O) groups excluding carboxylic acids is 2. The standard InChI is InChI=1S/C11H22N2O3.C2H6/c1-4-10(14)12-6-5-7-13-11(15)8-16-9(2)3;1-2/h9H,4-8H2,1-3H3,(H,12,14)(H,13,15);1-2H3. The third kappa shape index (κ3) is 14.9. The van der Waals surface area contributed by atoms with Gasteiger partial charge in [-0.25, -0.2) is 0 Å². The lowest BCUT2D eigenvalue weighted by atomic mass is 10.4. The summed E-state index contributed by atoms with van der Waals surface area (Å²) in [4.78, 5) is 22.0. The molecule has 108 valence electrons. The fourth-order valence-corrected chi connectivity index (χ4v) is 0.962. The molecule has 18 heavy (non-hydrogen) atoms. The average Bonchev–Trinajstić information content (AvgIpc) is 2.38. The topological polar surface area (TPSA) is 67.4 Å². The molecule has 0 aliphatic carbocycles. The Balaban J connectivity index is 0. The van der Waals surface area contributed by atoms with E-state index < -0.39 is 0 Å². The number of carbonyl (C=O) groups is 2. The summed E-state index contributed by atoms with van der Waals surface area (Å²) in [5.74, 6) is -0.0787. The maximum Gasteiger partial charge on any atom is 0.246 e. The van der Waals surface area contributed by atoms with E-state index in [0.29, 0.717) is 19.5 Å². The van der Waals surface area contributed by atoms with Gasteiger partial charge in [0.15, 0.2) is 0 Å². The molecule has 0 unspecified atom stereocenters. The Kier molecular flexibility index (Phi) is 14.9. The van der Waals surface area contributed by atoms with Gasteiger partial charge >= 0.3 is 0 Å². The molecule has 0 aliphatic heterocycles. The molecule has 0 heterocycles. The summed E-state index contributed by atoms with van der Waals surface area (Å²) in [7, 11) is 0. The average molecular weight is 260 g/mol. The molecular weight excluding hydrogens is 232 g/mol. The summed E-state index contributed by atoms with van der Waals surface area (Å²) in [5, 5.41) is 5.45. The molecule has 0 rings (SSSR count). The van der Waals surface area contributed by atoms with Crippen molar-refractivity contribution >= 4 is 11.8 Å². The summed E-state index contributed by atoms with van der Waals surface area (Å²) in [6, 6.07) is 0. The van der Waals surface area contributed by atoms with E-state index in [1.807, 2.05) is 27.7 Å². The Morgan fingerprint density at radius 2 is 1.56 bits per heavy atom. The molecule has 0 aromatic heterocycles. The highest BCUT2D eigenvalue weighted by Crippen LogP contribution is 1.86. The molecule has 0 fully saturated rings. The fourth-order valence-electron chi connectivity index (χ4n) is 0.962. The Morgan fingerprint density at radius 3 is 2.00 bits per heavy atom. The molecule has 0 aliphatic rings. The smallest absolute Gasteiger partial charge is 0.246 e. The zero-order valence-corrected chi connectivity index (χ0v) is 12.3. The van der Waals surface area contributed by atoms with Gasteiger partial charge in [0.2, 0.25) is 11.8 Å². The van der Waals surface area contributed by atoms with E-state index in [-0.39, 0.29) is 24.5 Å². The molecular formula is C13H28N2O3. The monoisotopic (exact) mass is 260 g/mol. The molecule has 0 saturated carbocycles. The van der Waals surface area contributed by atoms with Crippen LogP contribution in [0.25, 0.3) is 0 Å². The Hall–Kier alpha value is -1.10. The number of hydrogen-bond donors (Lipinski definition) is 2. The second-order valence-corrected chi connectivity index (χ2v) is 3.77. The number of nitrogens with one attached hydrogen (secondary N) is 2. The van der Waals surface area contributed by atoms with Crippen LogP contribution in [0.4, 0.5) is 0 Å². The van der Waals surface area contributed by atoms with Crippen LogP contribution >= 0.6 is 0 Å². The van der Waals surface area contributed by atoms with Gasteiger partial charge in [-0.3, -0.25) is 9.59 Å². The molecule has 5 heteroatoms. The number of amides is 2. The minimum Gasteiger partial charge on any atom is -0.369 e. The van der Waals surface area contributed by atoms with Crippen molar-refractivity contribution in [2.45, 2.75) is 53.6 Å². The van der Waals surface area contributed by atoms with Crippen LogP contribution in [0.15, 0.2) is 0 Å². The van der Waals surface area contributed by atoms with Gasteiger partial charge in [-0.2, -0.15) is 0 Å². The van der Waals surface area contributed by atoms with E-state index in [2.05, 4.69) is 10.6 Å². The van der Waals surface area contributed by atoms with Crippen molar-refractivity contribution in [3.63, 3.8) is 0 Å². The van der Waals surface area contributed by atoms with Crippen LogP contribution in [-0.2, 0) is 14.3 Å². The zero-order valence-electron chi connectivity index (χ0n) is 12.3. The van der Waals surface area contributed by atoms with Gasteiger partial charge in [-0.05, 0) is 20.3 Å². The van der Waals surface area contributed by atoms with Crippen LogP contribution in [0.3, 0.4) is 0 Å². The molecule has 0 spiro atoms. The van der Waals surface area contributed by atoms with Crippen LogP contribution in [0.1, 0.15) is 47.5 Å². The van der Waals surface area contributed by atoms with Crippen molar-refractivity contribution in [1.29, 1.82) is 0 Å². The Morgan fingerprint density at radius 1 is 1.06 bits per heavy atom. The first-order valence-electron chi connectivity index (χ1n) is 6.71. The van der Waals surface area contributed by atoms with Crippen molar-refractivity contribution in [3.05, 3.63) is 0 Å². The van der Waals surface area contributed by atoms with E-state index >= 15 is 0 Å².